The van der Waals surface area contributed by atoms with Crippen LogP contribution in [0.2, 0.25) is 10.0 Å². The summed E-state index contributed by atoms with van der Waals surface area (Å²) in [6, 6.07) is 12.8. The van der Waals surface area contributed by atoms with E-state index in [1.54, 1.807) is 0 Å². The zero-order valence-electron chi connectivity index (χ0n) is 12.0. The van der Waals surface area contributed by atoms with E-state index in [0.717, 1.165) is 5.56 Å². The molecular weight excluding hydrogens is 323 g/mol. The predicted molar refractivity (Wildman–Crippen MR) is 88.4 cm³/mol. The molecule has 4 nitrogen and oxygen atoms in total. The first-order valence-electron chi connectivity index (χ1n) is 6.80. The van der Waals surface area contributed by atoms with Crippen molar-refractivity contribution in [1.29, 1.82) is 0 Å². The summed E-state index contributed by atoms with van der Waals surface area (Å²) in [6.07, 6.45) is 0. The number of benzene rings is 2. The third-order valence-electron chi connectivity index (χ3n) is 2.89. The molecule has 2 N–H and O–H groups in total. The number of hydrogen-bond donors (Lipinski definition) is 2. The van der Waals surface area contributed by atoms with Crippen LogP contribution in [0.15, 0.2) is 42.5 Å². The van der Waals surface area contributed by atoms with Crippen LogP contribution >= 0.6 is 23.2 Å². The van der Waals surface area contributed by atoms with Gasteiger partial charge in [-0.25, -0.2) is 5.43 Å². The van der Waals surface area contributed by atoms with Crippen LogP contribution in [0.25, 0.3) is 0 Å². The van der Waals surface area contributed by atoms with Crippen LogP contribution in [0.4, 0.5) is 0 Å². The standard InChI is InChI=1S/C16H16Cl2N2O2/c1-2-22-15-13(17)8-12(9-14(15)18)16(21)20-19-10-11-6-4-3-5-7-11/h3-9,19H,2,10H2,1H3,(H,20,21). The number of carbonyl (C=O) groups excluding carboxylic acids is 1. The Kier molecular flexibility index (Phi) is 6.07. The quantitative estimate of drug-likeness (QED) is 0.787. The molecule has 1 amide bonds. The number of hydrazine groups is 1. The third-order valence-corrected chi connectivity index (χ3v) is 3.45. The van der Waals surface area contributed by atoms with Crippen molar-refractivity contribution in [1.82, 2.24) is 10.9 Å². The number of halogens is 2. The number of amides is 1. The third kappa shape index (κ3) is 4.37. The lowest BCUT2D eigenvalue weighted by Gasteiger charge is -2.11. The second-order valence-electron chi connectivity index (χ2n) is 4.50. The summed E-state index contributed by atoms with van der Waals surface area (Å²) < 4.78 is 5.33. The van der Waals surface area contributed by atoms with Gasteiger partial charge in [-0.2, -0.15) is 0 Å². The van der Waals surface area contributed by atoms with E-state index in [2.05, 4.69) is 10.9 Å². The maximum absolute atomic E-state index is 12.1. The van der Waals surface area contributed by atoms with Crippen molar-refractivity contribution in [3.8, 4) is 5.75 Å². The van der Waals surface area contributed by atoms with Crippen molar-refractivity contribution in [2.24, 2.45) is 0 Å². The molecule has 0 bridgehead atoms. The summed E-state index contributed by atoms with van der Waals surface area (Å²) >= 11 is 12.2. The average Bonchev–Trinajstić information content (AvgIpc) is 2.51. The van der Waals surface area contributed by atoms with Crippen LogP contribution in [-0.2, 0) is 6.54 Å². The van der Waals surface area contributed by atoms with Gasteiger partial charge in [0.05, 0.1) is 16.7 Å². The molecule has 0 aromatic heterocycles. The van der Waals surface area contributed by atoms with Crippen LogP contribution in [0.3, 0.4) is 0 Å². The van der Waals surface area contributed by atoms with Gasteiger partial charge < -0.3 is 4.74 Å². The Hall–Kier alpha value is -1.75. The first kappa shape index (κ1) is 16.6. The molecule has 2 rings (SSSR count). The number of nitrogens with one attached hydrogen (secondary N) is 2. The van der Waals surface area contributed by atoms with Gasteiger partial charge in [0.15, 0.2) is 5.75 Å². The predicted octanol–water partition coefficient (Wildman–Crippen LogP) is 3.83. The van der Waals surface area contributed by atoms with E-state index in [9.17, 15) is 4.79 Å². The lowest BCUT2D eigenvalue weighted by Crippen LogP contribution is -2.36. The van der Waals surface area contributed by atoms with Crippen LogP contribution in [-0.4, -0.2) is 12.5 Å². The minimum Gasteiger partial charge on any atom is -0.491 e. The van der Waals surface area contributed by atoms with Crippen molar-refractivity contribution in [2.45, 2.75) is 13.5 Å². The molecule has 0 atom stereocenters. The largest absolute Gasteiger partial charge is 0.491 e. The van der Waals surface area contributed by atoms with Gasteiger partial charge in [-0.1, -0.05) is 53.5 Å². The first-order chi connectivity index (χ1) is 10.6. The molecule has 0 radical (unpaired) electrons. The molecule has 6 heteroatoms. The second kappa shape index (κ2) is 8.03. The molecule has 116 valence electrons. The summed E-state index contributed by atoms with van der Waals surface area (Å²) in [5.41, 5.74) is 6.89. The van der Waals surface area contributed by atoms with E-state index in [1.807, 2.05) is 37.3 Å². The van der Waals surface area contributed by atoms with Crippen LogP contribution in [0, 0.1) is 0 Å². The Labute approximate surface area is 139 Å². The number of carbonyl (C=O) groups is 1. The van der Waals surface area contributed by atoms with Crippen LogP contribution in [0.5, 0.6) is 5.75 Å². The molecule has 0 aliphatic carbocycles. The van der Waals surface area contributed by atoms with Crippen LogP contribution < -0.4 is 15.6 Å². The van der Waals surface area contributed by atoms with Crippen molar-refractivity contribution in [3.05, 3.63) is 63.6 Å². The van der Waals surface area contributed by atoms with Gasteiger partial charge in [0, 0.05) is 12.1 Å². The van der Waals surface area contributed by atoms with Crippen LogP contribution in [0.1, 0.15) is 22.8 Å². The molecule has 0 saturated heterocycles. The Bertz CT molecular complexity index is 625. The topological polar surface area (TPSA) is 50.4 Å². The van der Waals surface area contributed by atoms with Crippen molar-refractivity contribution < 1.29 is 9.53 Å². The molecule has 22 heavy (non-hydrogen) atoms. The minimum absolute atomic E-state index is 0.308. The number of hydrogen-bond acceptors (Lipinski definition) is 3. The highest BCUT2D eigenvalue weighted by Gasteiger charge is 2.13. The fraction of sp³-hybridized carbons (Fsp3) is 0.188. The van der Waals surface area contributed by atoms with Gasteiger partial charge in [-0.3, -0.25) is 10.2 Å². The zero-order valence-corrected chi connectivity index (χ0v) is 13.5. The lowest BCUT2D eigenvalue weighted by atomic mass is 10.2. The zero-order chi connectivity index (χ0) is 15.9. The molecule has 0 unspecified atom stereocenters. The highest BCUT2D eigenvalue weighted by Crippen LogP contribution is 2.34. The van der Waals surface area contributed by atoms with Gasteiger partial charge in [0.2, 0.25) is 0 Å². The normalized spacial score (nSPS) is 10.3. The number of rotatable bonds is 6. The minimum atomic E-state index is -0.317. The summed E-state index contributed by atoms with van der Waals surface area (Å²) in [5.74, 6) is 0.0717. The molecular formula is C16H16Cl2N2O2. The summed E-state index contributed by atoms with van der Waals surface area (Å²) in [5, 5.41) is 0.616. The van der Waals surface area contributed by atoms with E-state index >= 15 is 0 Å². The Morgan fingerprint density at radius 3 is 2.36 bits per heavy atom. The molecule has 0 aliphatic rings. The van der Waals surface area contributed by atoms with Crippen molar-refractivity contribution >= 4 is 29.1 Å². The maximum Gasteiger partial charge on any atom is 0.265 e. The molecule has 0 saturated carbocycles. The smallest absolute Gasteiger partial charge is 0.265 e. The fourth-order valence-corrected chi connectivity index (χ4v) is 2.46. The summed E-state index contributed by atoms with van der Waals surface area (Å²) in [4.78, 5) is 12.1. The van der Waals surface area contributed by atoms with E-state index in [1.165, 1.54) is 12.1 Å². The molecule has 0 fully saturated rings. The van der Waals surface area contributed by atoms with Gasteiger partial charge in [-0.05, 0) is 24.6 Å². The lowest BCUT2D eigenvalue weighted by molar-refractivity contribution is 0.0932. The molecule has 2 aromatic rings. The van der Waals surface area contributed by atoms with Gasteiger partial charge >= 0.3 is 0 Å². The monoisotopic (exact) mass is 338 g/mol. The van der Waals surface area contributed by atoms with E-state index in [0.29, 0.717) is 34.5 Å². The SMILES string of the molecule is CCOc1c(Cl)cc(C(=O)NNCc2ccccc2)cc1Cl. The average molecular weight is 339 g/mol. The highest BCUT2D eigenvalue weighted by molar-refractivity contribution is 6.37. The van der Waals surface area contributed by atoms with E-state index in [4.69, 9.17) is 27.9 Å². The molecule has 0 heterocycles. The second-order valence-corrected chi connectivity index (χ2v) is 5.31. The highest BCUT2D eigenvalue weighted by atomic mass is 35.5. The summed E-state index contributed by atoms with van der Waals surface area (Å²) in [6.45, 7) is 2.80. The molecule has 0 spiro atoms. The van der Waals surface area contributed by atoms with Gasteiger partial charge in [0.1, 0.15) is 0 Å². The van der Waals surface area contributed by atoms with Gasteiger partial charge in [-0.15, -0.1) is 0 Å². The summed E-state index contributed by atoms with van der Waals surface area (Å²) in [7, 11) is 0. The first-order valence-corrected chi connectivity index (χ1v) is 7.56. The Balaban J connectivity index is 1.98. The van der Waals surface area contributed by atoms with E-state index < -0.39 is 0 Å². The fourth-order valence-electron chi connectivity index (χ4n) is 1.87. The molecule has 0 aliphatic heterocycles. The van der Waals surface area contributed by atoms with Gasteiger partial charge in [0.25, 0.3) is 5.91 Å². The van der Waals surface area contributed by atoms with E-state index in [-0.39, 0.29) is 5.91 Å². The maximum atomic E-state index is 12.1. The Morgan fingerprint density at radius 1 is 1.14 bits per heavy atom. The Morgan fingerprint density at radius 2 is 1.77 bits per heavy atom. The van der Waals surface area contributed by atoms with Crippen molar-refractivity contribution in [2.75, 3.05) is 6.61 Å². The molecule has 2 aromatic carbocycles. The number of ether oxygens (including phenoxy) is 1. The van der Waals surface area contributed by atoms with Crippen molar-refractivity contribution in [3.63, 3.8) is 0 Å².